The molecule has 0 unspecified atom stereocenters. The highest BCUT2D eigenvalue weighted by atomic mass is 16.3. The number of hydrogen-bond donors (Lipinski definition) is 0. The summed E-state index contributed by atoms with van der Waals surface area (Å²) >= 11 is 0. The summed E-state index contributed by atoms with van der Waals surface area (Å²) in [7, 11) is 0. The standard InChI is InChI=1S/C52H32N4O/c1-4-17-33(18-5-1)49-53-50(39-26-16-30-47-48(39)38-25-12-15-29-46(38)57-47)55-51(54-49)56-44-28-14-11-24-37(44)41-31-40-36-23-10-13-27-42(36)52(43(40)32-45(41)56,34-19-6-2-7-20-34)35-21-8-3-9-22-35/h1-32H. The van der Waals surface area contributed by atoms with Gasteiger partial charge in [0.25, 0.3) is 0 Å². The third kappa shape index (κ3) is 4.54. The van der Waals surface area contributed by atoms with Gasteiger partial charge in [0.2, 0.25) is 5.95 Å². The zero-order chi connectivity index (χ0) is 37.5. The van der Waals surface area contributed by atoms with E-state index in [-0.39, 0.29) is 0 Å². The Kier molecular flexibility index (Phi) is 6.78. The molecule has 5 heteroatoms. The number of aromatic nitrogens is 4. The molecule has 0 spiro atoms. The predicted octanol–water partition coefficient (Wildman–Crippen LogP) is 12.6. The Balaban J connectivity index is 1.20. The van der Waals surface area contributed by atoms with E-state index in [1.807, 2.05) is 48.5 Å². The highest BCUT2D eigenvalue weighted by Crippen LogP contribution is 2.57. The Labute approximate surface area is 328 Å². The van der Waals surface area contributed by atoms with Crippen molar-refractivity contribution >= 4 is 43.7 Å². The highest BCUT2D eigenvalue weighted by molar-refractivity contribution is 6.13. The number of fused-ring (bicyclic) bond motifs is 9. The molecule has 11 aromatic rings. The lowest BCUT2D eigenvalue weighted by molar-refractivity contribution is 0.669. The molecular formula is C52H32N4O. The molecule has 8 aromatic carbocycles. The quantitative estimate of drug-likeness (QED) is 0.177. The summed E-state index contributed by atoms with van der Waals surface area (Å²) in [4.78, 5) is 15.9. The van der Waals surface area contributed by atoms with Crippen LogP contribution in [-0.2, 0) is 5.41 Å². The van der Waals surface area contributed by atoms with Crippen LogP contribution in [0.4, 0.5) is 0 Å². The molecule has 57 heavy (non-hydrogen) atoms. The van der Waals surface area contributed by atoms with Gasteiger partial charge < -0.3 is 4.42 Å². The average Bonchev–Trinajstić information content (AvgIpc) is 3.92. The Hall–Kier alpha value is -7.63. The summed E-state index contributed by atoms with van der Waals surface area (Å²) < 4.78 is 8.57. The molecule has 3 heterocycles. The number of nitrogens with zero attached hydrogens (tertiary/aromatic N) is 4. The summed E-state index contributed by atoms with van der Waals surface area (Å²) in [5.74, 6) is 1.73. The third-order valence-corrected chi connectivity index (χ3v) is 11.7. The molecule has 3 aromatic heterocycles. The molecule has 5 nitrogen and oxygen atoms in total. The fourth-order valence-corrected chi connectivity index (χ4v) is 9.38. The lowest BCUT2D eigenvalue weighted by Crippen LogP contribution is -2.28. The molecule has 0 bridgehead atoms. The van der Waals surface area contributed by atoms with Gasteiger partial charge in [0.05, 0.1) is 16.4 Å². The second-order valence-electron chi connectivity index (χ2n) is 14.7. The number of para-hydroxylation sites is 2. The molecule has 0 N–H and O–H groups in total. The molecule has 0 amide bonds. The van der Waals surface area contributed by atoms with Gasteiger partial charge in [-0.1, -0.05) is 164 Å². The normalized spacial score (nSPS) is 13.1. The van der Waals surface area contributed by atoms with Gasteiger partial charge in [-0.3, -0.25) is 4.57 Å². The van der Waals surface area contributed by atoms with Crippen LogP contribution in [0.5, 0.6) is 0 Å². The topological polar surface area (TPSA) is 56.7 Å². The Bertz CT molecular complexity index is 3310. The molecule has 0 aliphatic heterocycles. The van der Waals surface area contributed by atoms with E-state index in [4.69, 9.17) is 19.4 Å². The molecule has 1 aliphatic carbocycles. The first kappa shape index (κ1) is 31.7. The first-order valence-electron chi connectivity index (χ1n) is 19.3. The molecule has 1 aliphatic rings. The molecule has 0 saturated carbocycles. The maximum Gasteiger partial charge on any atom is 0.238 e. The first-order chi connectivity index (χ1) is 28.3. The van der Waals surface area contributed by atoms with Crippen molar-refractivity contribution < 1.29 is 4.42 Å². The van der Waals surface area contributed by atoms with Gasteiger partial charge in [-0.15, -0.1) is 0 Å². The largest absolute Gasteiger partial charge is 0.456 e. The lowest BCUT2D eigenvalue weighted by Gasteiger charge is -2.34. The average molecular weight is 729 g/mol. The summed E-state index contributed by atoms with van der Waals surface area (Å²) in [6.07, 6.45) is 0. The number of hydrogen-bond acceptors (Lipinski definition) is 4. The predicted molar refractivity (Wildman–Crippen MR) is 230 cm³/mol. The zero-order valence-electron chi connectivity index (χ0n) is 30.7. The van der Waals surface area contributed by atoms with E-state index in [0.29, 0.717) is 17.6 Å². The first-order valence-corrected chi connectivity index (χ1v) is 19.3. The smallest absolute Gasteiger partial charge is 0.238 e. The lowest BCUT2D eigenvalue weighted by atomic mass is 9.67. The Morgan fingerprint density at radius 2 is 1.02 bits per heavy atom. The number of rotatable bonds is 5. The van der Waals surface area contributed by atoms with Crippen LogP contribution in [-0.4, -0.2) is 19.5 Å². The molecule has 0 atom stereocenters. The molecule has 0 radical (unpaired) electrons. The van der Waals surface area contributed by atoms with Gasteiger partial charge in [-0.2, -0.15) is 9.97 Å². The van der Waals surface area contributed by atoms with Crippen LogP contribution >= 0.6 is 0 Å². The van der Waals surface area contributed by atoms with E-state index >= 15 is 0 Å². The summed E-state index contributed by atoms with van der Waals surface area (Å²) in [5.41, 5.74) is 12.3. The van der Waals surface area contributed by atoms with Crippen LogP contribution < -0.4 is 0 Å². The van der Waals surface area contributed by atoms with Crippen molar-refractivity contribution in [2.45, 2.75) is 5.41 Å². The third-order valence-electron chi connectivity index (χ3n) is 11.7. The van der Waals surface area contributed by atoms with E-state index in [0.717, 1.165) is 54.9 Å². The molecule has 0 saturated heterocycles. The second-order valence-corrected chi connectivity index (χ2v) is 14.7. The van der Waals surface area contributed by atoms with Crippen LogP contribution in [0, 0.1) is 0 Å². The fourth-order valence-electron chi connectivity index (χ4n) is 9.38. The molecular weight excluding hydrogens is 697 g/mol. The van der Waals surface area contributed by atoms with Gasteiger partial charge in [0.15, 0.2) is 11.6 Å². The SMILES string of the molecule is c1ccc(-c2nc(-c3cccc4oc5ccccc5c34)nc(-n3c4ccccc4c4cc5c(cc43)C(c3ccccc3)(c3ccccc3)c3ccccc3-5)n2)cc1. The van der Waals surface area contributed by atoms with Crippen LogP contribution in [0.3, 0.4) is 0 Å². The Morgan fingerprint density at radius 3 is 1.81 bits per heavy atom. The van der Waals surface area contributed by atoms with Crippen molar-refractivity contribution in [1.82, 2.24) is 19.5 Å². The summed E-state index contributed by atoms with van der Waals surface area (Å²) in [5, 5.41) is 4.28. The van der Waals surface area contributed by atoms with Crippen molar-refractivity contribution in [1.29, 1.82) is 0 Å². The molecule has 12 rings (SSSR count). The van der Waals surface area contributed by atoms with Crippen molar-refractivity contribution in [2.75, 3.05) is 0 Å². The van der Waals surface area contributed by atoms with Gasteiger partial charge in [0, 0.05) is 32.7 Å². The van der Waals surface area contributed by atoms with Crippen LogP contribution in [0.15, 0.2) is 199 Å². The molecule has 0 fully saturated rings. The van der Waals surface area contributed by atoms with E-state index in [1.165, 1.54) is 33.4 Å². The van der Waals surface area contributed by atoms with Crippen molar-refractivity contribution in [2.24, 2.45) is 0 Å². The fraction of sp³-hybridized carbons (Fsp3) is 0.0192. The monoisotopic (exact) mass is 728 g/mol. The highest BCUT2D eigenvalue weighted by Gasteiger charge is 2.46. The van der Waals surface area contributed by atoms with Crippen molar-refractivity contribution in [3.63, 3.8) is 0 Å². The summed E-state index contributed by atoms with van der Waals surface area (Å²) in [6.45, 7) is 0. The van der Waals surface area contributed by atoms with E-state index < -0.39 is 5.41 Å². The van der Waals surface area contributed by atoms with Crippen molar-refractivity contribution in [3.05, 3.63) is 216 Å². The van der Waals surface area contributed by atoms with E-state index in [1.54, 1.807) is 0 Å². The minimum atomic E-state index is -0.554. The zero-order valence-corrected chi connectivity index (χ0v) is 30.7. The molecule has 266 valence electrons. The number of furan rings is 1. The van der Waals surface area contributed by atoms with E-state index in [2.05, 4.69) is 150 Å². The van der Waals surface area contributed by atoms with Gasteiger partial charge in [-0.25, -0.2) is 4.98 Å². The van der Waals surface area contributed by atoms with Crippen LogP contribution in [0.2, 0.25) is 0 Å². The van der Waals surface area contributed by atoms with Crippen LogP contribution in [0.1, 0.15) is 22.3 Å². The minimum Gasteiger partial charge on any atom is -0.456 e. The van der Waals surface area contributed by atoms with Gasteiger partial charge in [-0.05, 0) is 63.7 Å². The maximum absolute atomic E-state index is 6.33. The number of benzene rings is 8. The van der Waals surface area contributed by atoms with Gasteiger partial charge in [0.1, 0.15) is 11.2 Å². The second kappa shape index (κ2) is 12.2. The van der Waals surface area contributed by atoms with E-state index in [9.17, 15) is 0 Å². The minimum absolute atomic E-state index is 0.551. The van der Waals surface area contributed by atoms with Crippen LogP contribution in [0.25, 0.3) is 83.6 Å². The maximum atomic E-state index is 6.33. The van der Waals surface area contributed by atoms with Gasteiger partial charge >= 0.3 is 0 Å². The summed E-state index contributed by atoms with van der Waals surface area (Å²) in [6, 6.07) is 68.6. The Morgan fingerprint density at radius 1 is 0.404 bits per heavy atom. The van der Waals surface area contributed by atoms with Crippen molar-refractivity contribution in [3.8, 4) is 39.9 Å².